The fourth-order valence-electron chi connectivity index (χ4n) is 2.46. The Morgan fingerprint density at radius 3 is 2.74 bits per heavy atom. The van der Waals surface area contributed by atoms with Crippen LogP contribution in [0.4, 0.5) is 10.1 Å². The maximum Gasteiger partial charge on any atom is 0.128 e. The van der Waals surface area contributed by atoms with Crippen molar-refractivity contribution in [2.24, 2.45) is 5.92 Å². The Balaban J connectivity index is 1.92. The fraction of sp³-hybridized carbons (Fsp3) is 0.625. The Bertz CT molecular complexity index is 437. The molecular weight excluding hydrogens is 239 g/mol. The summed E-state index contributed by atoms with van der Waals surface area (Å²) in [6.07, 6.45) is 1.18. The summed E-state index contributed by atoms with van der Waals surface area (Å²) in [6.45, 7) is 11.5. The van der Waals surface area contributed by atoms with Crippen LogP contribution in [0.1, 0.15) is 32.8 Å². The maximum atomic E-state index is 13.6. The third kappa shape index (κ3) is 3.93. The van der Waals surface area contributed by atoms with E-state index in [0.717, 1.165) is 25.3 Å². The summed E-state index contributed by atoms with van der Waals surface area (Å²) in [6, 6.07) is 5.55. The van der Waals surface area contributed by atoms with Crippen LogP contribution in [0.3, 0.4) is 0 Å². The zero-order chi connectivity index (χ0) is 14.0. The first kappa shape index (κ1) is 14.3. The predicted octanol–water partition coefficient (Wildman–Crippen LogP) is 3.35. The molecule has 106 valence electrons. The molecule has 1 N–H and O–H groups in total. The number of anilines is 1. The zero-order valence-electron chi connectivity index (χ0n) is 12.5. The summed E-state index contributed by atoms with van der Waals surface area (Å²) in [4.78, 5) is 2.29. The molecule has 1 aliphatic heterocycles. The van der Waals surface area contributed by atoms with Crippen molar-refractivity contribution in [2.45, 2.75) is 39.7 Å². The predicted molar refractivity (Wildman–Crippen MR) is 79.2 cm³/mol. The van der Waals surface area contributed by atoms with E-state index in [0.29, 0.717) is 11.5 Å². The topological polar surface area (TPSA) is 15.3 Å². The molecule has 3 heteroatoms. The first-order chi connectivity index (χ1) is 8.85. The monoisotopic (exact) mass is 264 g/mol. The van der Waals surface area contributed by atoms with Gasteiger partial charge < -0.3 is 10.2 Å². The van der Waals surface area contributed by atoms with E-state index in [9.17, 15) is 4.39 Å². The Labute approximate surface area is 116 Å². The average Bonchev–Trinajstić information content (AvgIpc) is 2.78. The minimum Gasteiger partial charge on any atom is -0.371 e. The molecule has 2 rings (SSSR count). The van der Waals surface area contributed by atoms with Crippen LogP contribution in [-0.2, 0) is 0 Å². The summed E-state index contributed by atoms with van der Waals surface area (Å²) < 4.78 is 13.6. The van der Waals surface area contributed by atoms with Crippen LogP contribution in [0, 0.1) is 18.7 Å². The molecule has 1 atom stereocenters. The normalized spacial score (nSPS) is 20.1. The smallest absolute Gasteiger partial charge is 0.128 e. The van der Waals surface area contributed by atoms with Gasteiger partial charge in [0.2, 0.25) is 0 Å². The lowest BCUT2D eigenvalue weighted by Crippen LogP contribution is -2.39. The molecule has 19 heavy (non-hydrogen) atoms. The molecule has 0 amide bonds. The highest BCUT2D eigenvalue weighted by Crippen LogP contribution is 2.25. The molecule has 0 aliphatic carbocycles. The minimum atomic E-state index is -0.103. The van der Waals surface area contributed by atoms with E-state index < -0.39 is 0 Å². The van der Waals surface area contributed by atoms with Crippen LogP contribution in [-0.4, -0.2) is 25.2 Å². The van der Waals surface area contributed by atoms with Crippen molar-refractivity contribution < 1.29 is 4.39 Å². The second-order valence-corrected chi connectivity index (χ2v) is 6.67. The number of halogens is 1. The third-order valence-corrected chi connectivity index (χ3v) is 3.73. The van der Waals surface area contributed by atoms with Gasteiger partial charge in [-0.3, -0.25) is 0 Å². The highest BCUT2D eigenvalue weighted by molar-refractivity contribution is 5.49. The van der Waals surface area contributed by atoms with E-state index in [1.54, 1.807) is 13.0 Å². The van der Waals surface area contributed by atoms with Crippen LogP contribution < -0.4 is 10.2 Å². The molecule has 0 bridgehead atoms. The second-order valence-electron chi connectivity index (χ2n) is 6.67. The van der Waals surface area contributed by atoms with Gasteiger partial charge in [-0.05, 0) is 57.7 Å². The van der Waals surface area contributed by atoms with Gasteiger partial charge in [-0.15, -0.1) is 0 Å². The van der Waals surface area contributed by atoms with Crippen LogP contribution >= 0.6 is 0 Å². The van der Waals surface area contributed by atoms with Gasteiger partial charge in [-0.25, -0.2) is 4.39 Å². The molecule has 1 aliphatic rings. The molecule has 1 aromatic carbocycles. The van der Waals surface area contributed by atoms with Gasteiger partial charge in [0.25, 0.3) is 0 Å². The van der Waals surface area contributed by atoms with Gasteiger partial charge in [0.05, 0.1) is 0 Å². The molecule has 1 fully saturated rings. The molecule has 1 unspecified atom stereocenters. The van der Waals surface area contributed by atoms with Crippen molar-refractivity contribution in [3.8, 4) is 0 Å². The van der Waals surface area contributed by atoms with E-state index in [-0.39, 0.29) is 11.4 Å². The molecule has 1 aromatic rings. The largest absolute Gasteiger partial charge is 0.371 e. The van der Waals surface area contributed by atoms with E-state index in [1.165, 1.54) is 6.42 Å². The number of hydrogen-bond donors (Lipinski definition) is 1. The second kappa shape index (κ2) is 5.49. The van der Waals surface area contributed by atoms with Gasteiger partial charge in [-0.1, -0.05) is 6.07 Å². The van der Waals surface area contributed by atoms with Crippen molar-refractivity contribution in [1.82, 2.24) is 5.32 Å². The van der Waals surface area contributed by atoms with E-state index in [1.807, 2.05) is 12.1 Å². The number of benzene rings is 1. The van der Waals surface area contributed by atoms with Crippen molar-refractivity contribution >= 4 is 5.69 Å². The Kier molecular flexibility index (Phi) is 4.14. The molecule has 2 nitrogen and oxygen atoms in total. The third-order valence-electron chi connectivity index (χ3n) is 3.73. The number of rotatable bonds is 3. The Morgan fingerprint density at radius 2 is 2.11 bits per heavy atom. The maximum absolute atomic E-state index is 13.6. The van der Waals surface area contributed by atoms with E-state index in [2.05, 4.69) is 31.0 Å². The quantitative estimate of drug-likeness (QED) is 0.900. The van der Waals surface area contributed by atoms with Crippen LogP contribution in [0.15, 0.2) is 18.2 Å². The van der Waals surface area contributed by atoms with Crippen molar-refractivity contribution in [1.29, 1.82) is 0 Å². The van der Waals surface area contributed by atoms with Gasteiger partial charge in [0.15, 0.2) is 0 Å². The number of hydrogen-bond acceptors (Lipinski definition) is 2. The van der Waals surface area contributed by atoms with E-state index >= 15 is 0 Å². The van der Waals surface area contributed by atoms with Crippen LogP contribution in [0.2, 0.25) is 0 Å². The molecular formula is C16H25FN2. The van der Waals surface area contributed by atoms with Gasteiger partial charge in [0, 0.05) is 30.9 Å². The fourth-order valence-corrected chi connectivity index (χ4v) is 2.46. The minimum absolute atomic E-state index is 0.103. The standard InChI is InChI=1S/C16H25FN2/c1-12-5-6-14(9-15(12)17)19-8-7-13(11-19)10-18-16(2,3)4/h5-6,9,13,18H,7-8,10-11H2,1-4H3. The first-order valence-electron chi connectivity index (χ1n) is 7.11. The van der Waals surface area contributed by atoms with Crippen LogP contribution in [0.5, 0.6) is 0 Å². The van der Waals surface area contributed by atoms with E-state index in [4.69, 9.17) is 0 Å². The molecule has 0 radical (unpaired) electrons. The zero-order valence-corrected chi connectivity index (χ0v) is 12.5. The highest BCUT2D eigenvalue weighted by atomic mass is 19.1. The van der Waals surface area contributed by atoms with Gasteiger partial charge >= 0.3 is 0 Å². The summed E-state index contributed by atoms with van der Waals surface area (Å²) in [5.74, 6) is 0.553. The SMILES string of the molecule is Cc1ccc(N2CCC(CNC(C)(C)C)C2)cc1F. The molecule has 1 heterocycles. The van der Waals surface area contributed by atoms with Crippen molar-refractivity contribution in [2.75, 3.05) is 24.5 Å². The lowest BCUT2D eigenvalue weighted by molar-refractivity contribution is 0.383. The van der Waals surface area contributed by atoms with Gasteiger partial charge in [-0.2, -0.15) is 0 Å². The van der Waals surface area contributed by atoms with Crippen LogP contribution in [0.25, 0.3) is 0 Å². The summed E-state index contributed by atoms with van der Waals surface area (Å²) >= 11 is 0. The lowest BCUT2D eigenvalue weighted by Gasteiger charge is -2.24. The Hall–Kier alpha value is -1.09. The number of nitrogens with zero attached hydrogens (tertiary/aromatic N) is 1. The molecule has 0 saturated carbocycles. The summed E-state index contributed by atoms with van der Waals surface area (Å²) in [5.41, 5.74) is 1.90. The highest BCUT2D eigenvalue weighted by Gasteiger charge is 2.24. The van der Waals surface area contributed by atoms with Gasteiger partial charge in [0.1, 0.15) is 5.82 Å². The first-order valence-corrected chi connectivity index (χ1v) is 7.11. The molecule has 0 spiro atoms. The summed E-state index contributed by atoms with van der Waals surface area (Å²) in [5, 5.41) is 3.56. The van der Waals surface area contributed by atoms with Crippen molar-refractivity contribution in [3.05, 3.63) is 29.6 Å². The number of nitrogens with one attached hydrogen (secondary N) is 1. The lowest BCUT2D eigenvalue weighted by atomic mass is 10.1. The molecule has 0 aromatic heterocycles. The average molecular weight is 264 g/mol. The summed E-state index contributed by atoms with van der Waals surface area (Å²) in [7, 11) is 0. The molecule has 1 saturated heterocycles. The Morgan fingerprint density at radius 1 is 1.37 bits per heavy atom. The van der Waals surface area contributed by atoms with Crippen molar-refractivity contribution in [3.63, 3.8) is 0 Å². The number of aryl methyl sites for hydroxylation is 1.